The quantitative estimate of drug-likeness (QED) is 0.568. The van der Waals surface area contributed by atoms with Crippen LogP contribution in [0, 0.1) is 14.9 Å². The number of carbonyl (C=O) groups excluding carboxylic acids is 1. The first-order valence-electron chi connectivity index (χ1n) is 3.78. The van der Waals surface area contributed by atoms with E-state index in [0.29, 0.717) is 6.07 Å². The molecule has 16 heavy (non-hydrogen) atoms. The Morgan fingerprint density at radius 1 is 1.44 bits per heavy atom. The second-order valence-corrected chi connectivity index (χ2v) is 4.19. The molecule has 0 aliphatic carbocycles. The number of benzene rings is 1. The number of hydrogen-bond donors (Lipinski definition) is 0. The number of nitriles is 1. The number of nitrogens with zero attached hydrogens (tertiary/aromatic N) is 1. The van der Waals surface area contributed by atoms with Crippen LogP contribution in [0.3, 0.4) is 0 Å². The van der Waals surface area contributed by atoms with Crippen LogP contribution in [0.5, 0.6) is 0 Å². The lowest BCUT2D eigenvalue weighted by Gasteiger charge is -2.11. The fraction of sp³-hybridized carbons (Fsp3) is 0.111. The minimum absolute atomic E-state index is 0.253. The van der Waals surface area contributed by atoms with Gasteiger partial charge < -0.3 is 0 Å². The summed E-state index contributed by atoms with van der Waals surface area (Å²) < 4.78 is 37.3. The summed E-state index contributed by atoms with van der Waals surface area (Å²) in [6.07, 6.45) is -4.62. The van der Waals surface area contributed by atoms with Gasteiger partial charge in [-0.1, -0.05) is 0 Å². The standard InChI is InChI=1S/C9H2ClF3INO/c10-8(16)5-1-4(3-15)2-6(7(5)14)9(11,12)13/h1-2H. The van der Waals surface area contributed by atoms with Crippen molar-refractivity contribution in [2.75, 3.05) is 0 Å². The molecule has 0 unspecified atom stereocenters. The zero-order valence-corrected chi connectivity index (χ0v) is 10.3. The molecule has 0 aromatic heterocycles. The molecule has 1 aromatic carbocycles. The molecule has 2 nitrogen and oxygen atoms in total. The van der Waals surface area contributed by atoms with E-state index in [2.05, 4.69) is 0 Å². The SMILES string of the molecule is N#Cc1cc(C(=O)Cl)c(I)c(C(F)(F)F)c1. The summed E-state index contributed by atoms with van der Waals surface area (Å²) in [5.74, 6) is 0. The van der Waals surface area contributed by atoms with Gasteiger partial charge in [0, 0.05) is 9.13 Å². The zero-order chi connectivity index (χ0) is 12.5. The summed E-state index contributed by atoms with van der Waals surface area (Å²) in [5, 5.41) is 7.53. The Bertz CT molecular complexity index is 493. The van der Waals surface area contributed by atoms with E-state index in [9.17, 15) is 18.0 Å². The maximum atomic E-state index is 12.5. The molecule has 1 aromatic rings. The van der Waals surface area contributed by atoms with Crippen molar-refractivity contribution in [3.8, 4) is 6.07 Å². The van der Waals surface area contributed by atoms with Crippen LogP contribution in [0.4, 0.5) is 13.2 Å². The fourth-order valence-electron chi connectivity index (χ4n) is 1.04. The molecule has 0 fully saturated rings. The van der Waals surface area contributed by atoms with Gasteiger partial charge in [0.15, 0.2) is 0 Å². The minimum atomic E-state index is -4.62. The van der Waals surface area contributed by atoms with E-state index in [4.69, 9.17) is 16.9 Å². The molecule has 1 rings (SSSR count). The number of carbonyl (C=O) groups is 1. The average Bonchev–Trinajstić information content (AvgIpc) is 2.15. The van der Waals surface area contributed by atoms with Crippen LogP contribution >= 0.6 is 34.2 Å². The maximum absolute atomic E-state index is 12.5. The lowest BCUT2D eigenvalue weighted by atomic mass is 10.1. The Morgan fingerprint density at radius 2 is 2.00 bits per heavy atom. The van der Waals surface area contributed by atoms with Crippen LogP contribution < -0.4 is 0 Å². The highest BCUT2D eigenvalue weighted by Crippen LogP contribution is 2.35. The molecule has 0 amide bonds. The van der Waals surface area contributed by atoms with Crippen LogP contribution in [-0.2, 0) is 6.18 Å². The third-order valence-corrected chi connectivity index (χ3v) is 3.08. The van der Waals surface area contributed by atoms with E-state index >= 15 is 0 Å². The lowest BCUT2D eigenvalue weighted by molar-refractivity contribution is -0.138. The molecule has 0 N–H and O–H groups in total. The third-order valence-electron chi connectivity index (χ3n) is 1.72. The van der Waals surface area contributed by atoms with E-state index < -0.39 is 17.0 Å². The van der Waals surface area contributed by atoms with Gasteiger partial charge in [-0.25, -0.2) is 0 Å². The van der Waals surface area contributed by atoms with Crippen molar-refractivity contribution < 1.29 is 18.0 Å². The normalized spacial score (nSPS) is 11.0. The van der Waals surface area contributed by atoms with Crippen LogP contribution in [-0.4, -0.2) is 5.24 Å². The van der Waals surface area contributed by atoms with Crippen molar-refractivity contribution in [3.63, 3.8) is 0 Å². The third kappa shape index (κ3) is 2.65. The van der Waals surface area contributed by atoms with Gasteiger partial charge in [0.05, 0.1) is 17.2 Å². The summed E-state index contributed by atoms with van der Waals surface area (Å²) in [7, 11) is 0. The first-order chi connectivity index (χ1) is 7.27. The van der Waals surface area contributed by atoms with E-state index in [1.165, 1.54) is 22.6 Å². The summed E-state index contributed by atoms with van der Waals surface area (Å²) in [6, 6.07) is 3.27. The van der Waals surface area contributed by atoms with E-state index in [-0.39, 0.29) is 14.7 Å². The first-order valence-corrected chi connectivity index (χ1v) is 5.23. The van der Waals surface area contributed by atoms with Gasteiger partial charge in [-0.05, 0) is 46.3 Å². The predicted molar refractivity (Wildman–Crippen MR) is 59.1 cm³/mol. The Morgan fingerprint density at radius 3 is 2.38 bits per heavy atom. The molecule has 0 aliphatic rings. The van der Waals surface area contributed by atoms with Gasteiger partial charge >= 0.3 is 6.18 Å². The Hall–Kier alpha value is -0.810. The zero-order valence-electron chi connectivity index (χ0n) is 7.40. The van der Waals surface area contributed by atoms with Crippen LogP contribution in [0.15, 0.2) is 12.1 Å². The molecule has 0 bridgehead atoms. The molecule has 0 radical (unpaired) electrons. The van der Waals surface area contributed by atoms with Crippen molar-refractivity contribution in [2.24, 2.45) is 0 Å². The van der Waals surface area contributed by atoms with Crippen molar-refractivity contribution in [1.29, 1.82) is 5.26 Å². The summed E-state index contributed by atoms with van der Waals surface area (Å²) >= 11 is 6.52. The van der Waals surface area contributed by atoms with Gasteiger partial charge in [0.1, 0.15) is 0 Å². The first kappa shape index (κ1) is 13.3. The van der Waals surface area contributed by atoms with Gasteiger partial charge in [-0.15, -0.1) is 0 Å². The Balaban J connectivity index is 3.58. The summed E-state index contributed by atoms with van der Waals surface area (Å²) in [5.41, 5.74) is -1.60. The van der Waals surface area contributed by atoms with Gasteiger partial charge in [-0.2, -0.15) is 18.4 Å². The molecular formula is C9H2ClF3INO. The monoisotopic (exact) mass is 359 g/mol. The van der Waals surface area contributed by atoms with E-state index in [0.717, 1.165) is 6.07 Å². The number of rotatable bonds is 1. The highest BCUT2D eigenvalue weighted by atomic mass is 127. The maximum Gasteiger partial charge on any atom is 0.417 e. The van der Waals surface area contributed by atoms with E-state index in [1.807, 2.05) is 0 Å². The summed E-state index contributed by atoms with van der Waals surface area (Å²) in [4.78, 5) is 10.9. The second-order valence-electron chi connectivity index (χ2n) is 2.77. The topological polar surface area (TPSA) is 40.9 Å². The molecule has 0 saturated heterocycles. The average molecular weight is 359 g/mol. The molecule has 0 heterocycles. The van der Waals surface area contributed by atoms with Crippen LogP contribution in [0.25, 0.3) is 0 Å². The highest BCUT2D eigenvalue weighted by molar-refractivity contribution is 14.1. The molecule has 0 atom stereocenters. The second kappa shape index (κ2) is 4.59. The van der Waals surface area contributed by atoms with Gasteiger partial charge in [-0.3, -0.25) is 4.79 Å². The largest absolute Gasteiger partial charge is 0.417 e. The highest BCUT2D eigenvalue weighted by Gasteiger charge is 2.35. The van der Waals surface area contributed by atoms with Crippen molar-refractivity contribution >= 4 is 39.4 Å². The van der Waals surface area contributed by atoms with Gasteiger partial charge in [0.25, 0.3) is 5.24 Å². The minimum Gasteiger partial charge on any atom is -0.276 e. The molecule has 84 valence electrons. The Kier molecular flexibility index (Phi) is 3.80. The molecule has 0 spiro atoms. The molecule has 0 aliphatic heterocycles. The predicted octanol–water partition coefficient (Wildman–Crippen LogP) is 3.56. The fourth-order valence-corrected chi connectivity index (χ4v) is 2.21. The molecule has 0 saturated carbocycles. The molecular weight excluding hydrogens is 357 g/mol. The number of hydrogen-bond acceptors (Lipinski definition) is 2. The lowest BCUT2D eigenvalue weighted by Crippen LogP contribution is -2.11. The number of alkyl halides is 3. The van der Waals surface area contributed by atoms with Crippen molar-refractivity contribution in [1.82, 2.24) is 0 Å². The smallest absolute Gasteiger partial charge is 0.276 e. The molecule has 7 heteroatoms. The van der Waals surface area contributed by atoms with Crippen LogP contribution in [0.1, 0.15) is 21.5 Å². The van der Waals surface area contributed by atoms with Crippen molar-refractivity contribution in [2.45, 2.75) is 6.18 Å². The van der Waals surface area contributed by atoms with Crippen LogP contribution in [0.2, 0.25) is 0 Å². The van der Waals surface area contributed by atoms with Crippen molar-refractivity contribution in [3.05, 3.63) is 32.4 Å². The summed E-state index contributed by atoms with van der Waals surface area (Å²) in [6.45, 7) is 0. The Labute approximate surface area is 107 Å². The van der Waals surface area contributed by atoms with E-state index in [1.54, 1.807) is 6.07 Å². The number of halogens is 5. The van der Waals surface area contributed by atoms with Gasteiger partial charge in [0.2, 0.25) is 0 Å².